The van der Waals surface area contributed by atoms with Gasteiger partial charge in [0, 0.05) is 28.8 Å². The molecule has 1 fully saturated rings. The largest absolute Gasteiger partial charge is 0.452 e. The Balaban J connectivity index is 1.56. The SMILES string of the molecule is O=C(COC(=O)c1cc(Cl)cc(Cl)c1)Nc1ccc(S(=O)(=O)N2CCCCC2)cc1. The van der Waals surface area contributed by atoms with Crippen LogP contribution in [0.2, 0.25) is 10.0 Å². The molecule has 1 N–H and O–H groups in total. The van der Waals surface area contributed by atoms with Crippen LogP contribution in [-0.4, -0.2) is 44.3 Å². The molecule has 160 valence electrons. The van der Waals surface area contributed by atoms with Gasteiger partial charge < -0.3 is 10.1 Å². The molecule has 0 aromatic heterocycles. The molecule has 3 rings (SSSR count). The van der Waals surface area contributed by atoms with Gasteiger partial charge in [-0.25, -0.2) is 13.2 Å². The Bertz CT molecular complexity index is 1020. The van der Waals surface area contributed by atoms with E-state index in [0.717, 1.165) is 19.3 Å². The number of esters is 1. The molecule has 0 saturated carbocycles. The fourth-order valence-electron chi connectivity index (χ4n) is 3.05. The van der Waals surface area contributed by atoms with E-state index in [2.05, 4.69) is 5.32 Å². The Morgan fingerprint density at radius 2 is 1.57 bits per heavy atom. The summed E-state index contributed by atoms with van der Waals surface area (Å²) in [6.07, 6.45) is 2.74. The number of sulfonamides is 1. The van der Waals surface area contributed by atoms with Crippen molar-refractivity contribution in [1.29, 1.82) is 0 Å². The molecule has 0 radical (unpaired) electrons. The molecule has 0 spiro atoms. The summed E-state index contributed by atoms with van der Waals surface area (Å²) in [6.45, 7) is 0.519. The van der Waals surface area contributed by atoms with Gasteiger partial charge in [-0.1, -0.05) is 29.6 Å². The molecule has 1 saturated heterocycles. The van der Waals surface area contributed by atoms with Gasteiger partial charge in [-0.2, -0.15) is 4.31 Å². The Morgan fingerprint density at radius 3 is 2.17 bits per heavy atom. The first-order valence-corrected chi connectivity index (χ1v) is 11.5. The summed E-state index contributed by atoms with van der Waals surface area (Å²) >= 11 is 11.7. The third-order valence-corrected chi connectivity index (χ3v) is 6.87. The van der Waals surface area contributed by atoms with E-state index in [1.807, 2.05) is 0 Å². The molecule has 0 atom stereocenters. The maximum absolute atomic E-state index is 12.6. The van der Waals surface area contributed by atoms with Crippen molar-refractivity contribution >= 4 is 50.8 Å². The molecule has 2 aromatic rings. The van der Waals surface area contributed by atoms with Crippen molar-refractivity contribution in [2.45, 2.75) is 24.2 Å². The van der Waals surface area contributed by atoms with E-state index in [1.54, 1.807) is 0 Å². The number of piperidine rings is 1. The molecule has 1 aliphatic rings. The Hall–Kier alpha value is -2.13. The number of ether oxygens (including phenoxy) is 1. The second-order valence-corrected chi connectivity index (χ2v) is 9.58. The van der Waals surface area contributed by atoms with Gasteiger partial charge in [0.2, 0.25) is 10.0 Å². The van der Waals surface area contributed by atoms with E-state index in [0.29, 0.717) is 18.8 Å². The molecule has 10 heteroatoms. The second-order valence-electron chi connectivity index (χ2n) is 6.77. The second kappa shape index (κ2) is 9.78. The fraction of sp³-hybridized carbons (Fsp3) is 0.300. The van der Waals surface area contributed by atoms with E-state index in [4.69, 9.17) is 27.9 Å². The number of halogens is 2. The topological polar surface area (TPSA) is 92.8 Å². The van der Waals surface area contributed by atoms with Crippen LogP contribution in [-0.2, 0) is 19.6 Å². The summed E-state index contributed by atoms with van der Waals surface area (Å²) in [5.74, 6) is -1.30. The highest BCUT2D eigenvalue weighted by Gasteiger charge is 2.25. The monoisotopic (exact) mass is 470 g/mol. The lowest BCUT2D eigenvalue weighted by molar-refractivity contribution is -0.119. The normalized spacial score (nSPS) is 14.9. The van der Waals surface area contributed by atoms with Crippen LogP contribution in [0.4, 0.5) is 5.69 Å². The summed E-state index contributed by atoms with van der Waals surface area (Å²) in [5.41, 5.74) is 0.520. The van der Waals surface area contributed by atoms with Gasteiger partial charge >= 0.3 is 5.97 Å². The number of hydrogen-bond acceptors (Lipinski definition) is 5. The molecule has 0 unspecified atom stereocenters. The highest BCUT2D eigenvalue weighted by atomic mass is 35.5. The smallest absolute Gasteiger partial charge is 0.338 e. The van der Waals surface area contributed by atoms with Crippen LogP contribution < -0.4 is 5.32 Å². The van der Waals surface area contributed by atoms with Crippen LogP contribution >= 0.6 is 23.2 Å². The summed E-state index contributed by atoms with van der Waals surface area (Å²) in [7, 11) is -3.54. The first-order valence-electron chi connectivity index (χ1n) is 9.29. The summed E-state index contributed by atoms with van der Waals surface area (Å²) in [5, 5.41) is 3.11. The minimum atomic E-state index is -3.54. The molecular formula is C20H20Cl2N2O5S. The number of hydrogen-bond donors (Lipinski definition) is 1. The third kappa shape index (κ3) is 5.72. The van der Waals surface area contributed by atoms with Crippen LogP contribution in [0, 0.1) is 0 Å². The molecular weight excluding hydrogens is 451 g/mol. The lowest BCUT2D eigenvalue weighted by Crippen LogP contribution is -2.35. The summed E-state index contributed by atoms with van der Waals surface area (Å²) in [6, 6.07) is 10.1. The van der Waals surface area contributed by atoms with Crippen molar-refractivity contribution < 1.29 is 22.7 Å². The summed E-state index contributed by atoms with van der Waals surface area (Å²) < 4.78 is 31.7. The average Bonchev–Trinajstić information content (AvgIpc) is 2.72. The van der Waals surface area contributed by atoms with E-state index in [-0.39, 0.29) is 20.5 Å². The maximum atomic E-state index is 12.6. The molecule has 1 aliphatic heterocycles. The van der Waals surface area contributed by atoms with Crippen LogP contribution in [0.25, 0.3) is 0 Å². The Kier molecular flexibility index (Phi) is 7.36. The number of nitrogens with zero attached hydrogens (tertiary/aromatic N) is 1. The molecule has 0 aliphatic carbocycles. The van der Waals surface area contributed by atoms with Crippen molar-refractivity contribution in [3.8, 4) is 0 Å². The first-order chi connectivity index (χ1) is 14.3. The standard InChI is InChI=1S/C20H20Cl2N2O5S/c21-15-10-14(11-16(22)12-15)20(26)29-13-19(25)23-17-4-6-18(7-5-17)30(27,28)24-8-2-1-3-9-24/h4-7,10-12H,1-3,8-9,13H2,(H,23,25). The van der Waals surface area contributed by atoms with Gasteiger partial charge in [0.25, 0.3) is 5.91 Å². The fourth-order valence-corrected chi connectivity index (χ4v) is 5.09. The van der Waals surface area contributed by atoms with Gasteiger partial charge in [0.15, 0.2) is 6.61 Å². The van der Waals surface area contributed by atoms with Crippen molar-refractivity contribution in [3.05, 3.63) is 58.1 Å². The van der Waals surface area contributed by atoms with Gasteiger partial charge in [-0.3, -0.25) is 4.79 Å². The zero-order chi connectivity index (χ0) is 21.7. The predicted molar refractivity (Wildman–Crippen MR) is 114 cm³/mol. The lowest BCUT2D eigenvalue weighted by atomic mass is 10.2. The highest BCUT2D eigenvalue weighted by molar-refractivity contribution is 7.89. The average molecular weight is 471 g/mol. The van der Waals surface area contributed by atoms with Crippen LogP contribution in [0.1, 0.15) is 29.6 Å². The lowest BCUT2D eigenvalue weighted by Gasteiger charge is -2.25. The quantitative estimate of drug-likeness (QED) is 0.644. The van der Waals surface area contributed by atoms with Gasteiger partial charge in [0.1, 0.15) is 0 Å². The molecule has 1 heterocycles. The number of anilines is 1. The molecule has 30 heavy (non-hydrogen) atoms. The molecule has 0 bridgehead atoms. The number of carbonyl (C=O) groups is 2. The van der Waals surface area contributed by atoms with E-state index in [9.17, 15) is 18.0 Å². The van der Waals surface area contributed by atoms with Gasteiger partial charge in [-0.15, -0.1) is 0 Å². The Morgan fingerprint density at radius 1 is 0.967 bits per heavy atom. The van der Waals surface area contributed by atoms with E-state index < -0.39 is 28.5 Å². The number of nitrogens with one attached hydrogen (secondary N) is 1. The van der Waals surface area contributed by atoms with Crippen molar-refractivity contribution in [2.75, 3.05) is 25.0 Å². The predicted octanol–water partition coefficient (Wildman–Crippen LogP) is 3.96. The van der Waals surface area contributed by atoms with Crippen molar-refractivity contribution in [3.63, 3.8) is 0 Å². The zero-order valence-corrected chi connectivity index (χ0v) is 18.3. The Labute approximate surface area is 185 Å². The van der Waals surface area contributed by atoms with Crippen LogP contribution in [0.5, 0.6) is 0 Å². The number of rotatable bonds is 6. The van der Waals surface area contributed by atoms with Gasteiger partial charge in [0.05, 0.1) is 10.5 Å². The first kappa shape index (κ1) is 22.6. The number of amides is 1. The minimum Gasteiger partial charge on any atom is -0.452 e. The maximum Gasteiger partial charge on any atom is 0.338 e. The number of benzene rings is 2. The zero-order valence-electron chi connectivity index (χ0n) is 15.9. The summed E-state index contributed by atoms with van der Waals surface area (Å²) in [4.78, 5) is 24.2. The highest BCUT2D eigenvalue weighted by Crippen LogP contribution is 2.22. The van der Waals surface area contributed by atoms with E-state index in [1.165, 1.54) is 46.8 Å². The van der Waals surface area contributed by atoms with Crippen molar-refractivity contribution in [2.24, 2.45) is 0 Å². The number of carbonyl (C=O) groups excluding carboxylic acids is 2. The van der Waals surface area contributed by atoms with E-state index >= 15 is 0 Å². The molecule has 2 aromatic carbocycles. The third-order valence-electron chi connectivity index (χ3n) is 4.52. The van der Waals surface area contributed by atoms with Crippen molar-refractivity contribution in [1.82, 2.24) is 4.31 Å². The van der Waals surface area contributed by atoms with Gasteiger partial charge in [-0.05, 0) is 55.3 Å². The molecule has 1 amide bonds. The van der Waals surface area contributed by atoms with Crippen LogP contribution in [0.3, 0.4) is 0 Å². The minimum absolute atomic E-state index is 0.132. The van der Waals surface area contributed by atoms with Crippen LogP contribution in [0.15, 0.2) is 47.4 Å². The molecule has 7 nitrogen and oxygen atoms in total.